The first kappa shape index (κ1) is 50.6. The Bertz CT molecular complexity index is 910. The van der Waals surface area contributed by atoms with Crippen LogP contribution >= 0.6 is 0 Å². The lowest BCUT2D eigenvalue weighted by Gasteiger charge is -2.18. The molecular weight excluding hydrogens is 668 g/mol. The van der Waals surface area contributed by atoms with Crippen LogP contribution in [0.2, 0.25) is 0 Å². The van der Waals surface area contributed by atoms with E-state index in [0.717, 1.165) is 70.6 Å². The van der Waals surface area contributed by atoms with Gasteiger partial charge in [-0.3, -0.25) is 14.4 Å². The first-order valence-corrected chi connectivity index (χ1v) is 22.1. The monoisotopic (exact) mass is 751 g/mol. The van der Waals surface area contributed by atoms with Gasteiger partial charge >= 0.3 is 11.9 Å². The predicted octanol–water partition coefficient (Wildman–Crippen LogP) is 10.7. The summed E-state index contributed by atoms with van der Waals surface area (Å²) in [7, 11) is 0. The van der Waals surface area contributed by atoms with E-state index in [9.17, 15) is 19.2 Å². The summed E-state index contributed by atoms with van der Waals surface area (Å²) in [6.07, 6.45) is 40.9. The van der Waals surface area contributed by atoms with Gasteiger partial charge in [0.15, 0.2) is 0 Å². The number of aliphatic hydroxyl groups is 1. The quantitative estimate of drug-likeness (QED) is 0.0277. The van der Waals surface area contributed by atoms with Crippen molar-refractivity contribution >= 4 is 23.8 Å². The van der Waals surface area contributed by atoms with Gasteiger partial charge in [-0.05, 0) is 64.2 Å². The molecule has 0 aromatic rings. The molecular formula is C44H82N2O7. The lowest BCUT2D eigenvalue weighted by atomic mass is 10.0. The minimum Gasteiger partial charge on any atom is -0.480 e. The Morgan fingerprint density at radius 3 is 1.43 bits per heavy atom. The van der Waals surface area contributed by atoms with Crippen LogP contribution in [0.3, 0.4) is 0 Å². The van der Waals surface area contributed by atoms with Crippen LogP contribution in [0.4, 0.5) is 0 Å². The number of aliphatic carboxylic acids is 1. The van der Waals surface area contributed by atoms with E-state index in [4.69, 9.17) is 14.9 Å². The average molecular weight is 751 g/mol. The molecule has 0 heterocycles. The first-order chi connectivity index (χ1) is 25.8. The molecule has 0 spiro atoms. The van der Waals surface area contributed by atoms with Gasteiger partial charge in [-0.1, -0.05) is 154 Å². The van der Waals surface area contributed by atoms with E-state index in [1.807, 2.05) is 0 Å². The van der Waals surface area contributed by atoms with Crippen LogP contribution < -0.4 is 10.6 Å². The number of carboxylic acid groups (broad SMARTS) is 1. The van der Waals surface area contributed by atoms with Gasteiger partial charge in [-0.2, -0.15) is 0 Å². The number of carbonyl (C=O) groups excluding carboxylic acids is 3. The van der Waals surface area contributed by atoms with Crippen molar-refractivity contribution < 1.29 is 34.1 Å². The van der Waals surface area contributed by atoms with Crippen molar-refractivity contribution in [3.05, 3.63) is 12.2 Å². The van der Waals surface area contributed by atoms with E-state index in [1.165, 1.54) is 116 Å². The molecule has 0 aromatic heterocycles. The van der Waals surface area contributed by atoms with Crippen molar-refractivity contribution in [3.63, 3.8) is 0 Å². The Morgan fingerprint density at radius 2 is 0.962 bits per heavy atom. The number of unbranched alkanes of at least 4 members (excludes halogenated alkanes) is 24. The van der Waals surface area contributed by atoms with Crippen molar-refractivity contribution in [2.75, 3.05) is 13.2 Å². The van der Waals surface area contributed by atoms with Crippen molar-refractivity contribution in [1.82, 2.24) is 10.6 Å². The molecule has 2 amide bonds. The topological polar surface area (TPSA) is 142 Å². The van der Waals surface area contributed by atoms with Gasteiger partial charge < -0.3 is 25.6 Å². The minimum atomic E-state index is -1.38. The van der Waals surface area contributed by atoms with Gasteiger partial charge in [0.05, 0.1) is 13.2 Å². The molecule has 0 saturated carbocycles. The van der Waals surface area contributed by atoms with Gasteiger partial charge in [-0.25, -0.2) is 4.79 Å². The molecule has 4 N–H and O–H groups in total. The Hall–Kier alpha value is -2.42. The fourth-order valence-electron chi connectivity index (χ4n) is 6.59. The van der Waals surface area contributed by atoms with Crippen molar-refractivity contribution in [2.24, 2.45) is 0 Å². The molecule has 2 atom stereocenters. The fourth-order valence-corrected chi connectivity index (χ4v) is 6.59. The second-order valence-corrected chi connectivity index (χ2v) is 15.1. The number of ether oxygens (including phenoxy) is 1. The maximum atomic E-state index is 12.7. The van der Waals surface area contributed by atoms with E-state index in [0.29, 0.717) is 19.3 Å². The third-order valence-corrected chi connectivity index (χ3v) is 10.0. The molecule has 9 nitrogen and oxygen atoms in total. The van der Waals surface area contributed by atoms with E-state index in [1.54, 1.807) is 0 Å². The van der Waals surface area contributed by atoms with Gasteiger partial charge in [0, 0.05) is 12.8 Å². The van der Waals surface area contributed by atoms with Crippen LogP contribution in [0.5, 0.6) is 0 Å². The zero-order chi connectivity index (χ0) is 39.0. The lowest BCUT2D eigenvalue weighted by Crippen LogP contribution is -2.47. The summed E-state index contributed by atoms with van der Waals surface area (Å²) in [4.78, 5) is 47.5. The summed E-state index contributed by atoms with van der Waals surface area (Å²) in [6, 6.07) is -1.38. The van der Waals surface area contributed by atoms with Crippen LogP contribution in [0.15, 0.2) is 12.2 Å². The number of hydrogen-bond acceptors (Lipinski definition) is 6. The number of carbonyl (C=O) groups is 4. The number of amides is 2. The Morgan fingerprint density at radius 1 is 0.547 bits per heavy atom. The first-order valence-electron chi connectivity index (χ1n) is 22.1. The van der Waals surface area contributed by atoms with Crippen LogP contribution in [-0.2, 0) is 23.9 Å². The highest BCUT2D eigenvalue weighted by Crippen LogP contribution is 2.19. The third-order valence-electron chi connectivity index (χ3n) is 10.0. The lowest BCUT2D eigenvalue weighted by molar-refractivity contribution is -0.150. The molecule has 9 heteroatoms. The zero-order valence-corrected chi connectivity index (χ0v) is 34.3. The maximum absolute atomic E-state index is 12.7. The molecule has 0 aliphatic heterocycles. The average Bonchev–Trinajstić information content (AvgIpc) is 3.14. The summed E-state index contributed by atoms with van der Waals surface area (Å²) >= 11 is 0. The Balaban J connectivity index is 4.32. The third kappa shape index (κ3) is 36.3. The molecule has 0 fully saturated rings. The maximum Gasteiger partial charge on any atom is 0.328 e. The molecule has 0 aliphatic rings. The SMILES string of the molecule is CCCCCCCCCC/C=C\CCCCCC(CCCCCCCC(=O)NCC(=O)NC(CO)C(=O)O)OC(=O)CCCCCCCCCCCC. The molecule has 53 heavy (non-hydrogen) atoms. The standard InChI is InChI=1S/C44H82N2O7/c1-3-5-7-9-11-13-15-16-17-18-19-20-22-25-29-33-39(53-43(50)36-32-28-23-21-14-12-10-8-6-4-2)34-30-26-24-27-31-35-41(48)45-37-42(49)46-40(38-47)44(51)52/h18-19,39-40,47H,3-17,20-38H2,1-2H3,(H,45,48)(H,46,49)(H,51,52)/b19-18-. The fraction of sp³-hybridized carbons (Fsp3) is 0.864. The normalized spacial score (nSPS) is 12.5. The summed E-state index contributed by atoms with van der Waals surface area (Å²) in [5.41, 5.74) is 0. The minimum absolute atomic E-state index is 0.0217. The summed E-state index contributed by atoms with van der Waals surface area (Å²) in [5, 5.41) is 22.5. The predicted molar refractivity (Wildman–Crippen MR) is 218 cm³/mol. The number of aliphatic hydroxyl groups excluding tert-OH is 1. The highest BCUT2D eigenvalue weighted by atomic mass is 16.5. The summed E-state index contributed by atoms with van der Waals surface area (Å²) < 4.78 is 6.02. The van der Waals surface area contributed by atoms with E-state index < -0.39 is 24.5 Å². The van der Waals surface area contributed by atoms with Crippen LogP contribution in [0, 0.1) is 0 Å². The zero-order valence-electron chi connectivity index (χ0n) is 34.3. The largest absolute Gasteiger partial charge is 0.480 e. The smallest absolute Gasteiger partial charge is 0.328 e. The van der Waals surface area contributed by atoms with Gasteiger partial charge in [0.1, 0.15) is 12.1 Å². The van der Waals surface area contributed by atoms with E-state index >= 15 is 0 Å². The van der Waals surface area contributed by atoms with Gasteiger partial charge in [-0.15, -0.1) is 0 Å². The number of carboxylic acids is 1. The Labute approximate surface area is 324 Å². The van der Waals surface area contributed by atoms with Crippen LogP contribution in [0.1, 0.15) is 219 Å². The van der Waals surface area contributed by atoms with E-state index in [-0.39, 0.29) is 24.5 Å². The van der Waals surface area contributed by atoms with Crippen molar-refractivity contribution in [3.8, 4) is 0 Å². The molecule has 2 unspecified atom stereocenters. The number of rotatable bonds is 40. The van der Waals surface area contributed by atoms with Gasteiger partial charge in [0.2, 0.25) is 11.8 Å². The molecule has 0 aliphatic carbocycles. The summed E-state index contributed by atoms with van der Waals surface area (Å²) in [5.74, 6) is -2.29. The molecule has 0 rings (SSSR count). The molecule has 0 aromatic carbocycles. The van der Waals surface area contributed by atoms with Crippen LogP contribution in [0.25, 0.3) is 0 Å². The number of nitrogens with one attached hydrogen (secondary N) is 2. The second kappa shape index (κ2) is 39.3. The highest BCUT2D eigenvalue weighted by Gasteiger charge is 2.19. The Kier molecular flexibility index (Phi) is 37.5. The van der Waals surface area contributed by atoms with E-state index in [2.05, 4.69) is 36.6 Å². The molecule has 0 bridgehead atoms. The highest BCUT2D eigenvalue weighted by molar-refractivity contribution is 5.87. The van der Waals surface area contributed by atoms with Gasteiger partial charge in [0.25, 0.3) is 0 Å². The molecule has 310 valence electrons. The molecule has 0 radical (unpaired) electrons. The van der Waals surface area contributed by atoms with Crippen LogP contribution in [-0.4, -0.2) is 59.3 Å². The van der Waals surface area contributed by atoms with Crippen molar-refractivity contribution in [2.45, 2.75) is 231 Å². The molecule has 0 saturated heterocycles. The number of allylic oxidation sites excluding steroid dienone is 2. The summed E-state index contributed by atoms with van der Waals surface area (Å²) in [6.45, 7) is 3.48. The second-order valence-electron chi connectivity index (χ2n) is 15.1. The number of esters is 1. The van der Waals surface area contributed by atoms with Crippen molar-refractivity contribution in [1.29, 1.82) is 0 Å². The number of hydrogen-bond donors (Lipinski definition) is 4.